The molecule has 2 N–H and O–H groups in total. The van der Waals surface area contributed by atoms with Gasteiger partial charge in [-0.05, 0) is 18.1 Å². The molecule has 0 spiro atoms. The van der Waals surface area contributed by atoms with Crippen molar-refractivity contribution in [2.45, 2.75) is 6.42 Å². The summed E-state index contributed by atoms with van der Waals surface area (Å²) in [6.45, 7) is 0.270. The molecule has 1 rings (SSSR count). The van der Waals surface area contributed by atoms with Crippen molar-refractivity contribution in [2.24, 2.45) is 5.90 Å². The Labute approximate surface area is 98.2 Å². The Hall–Kier alpha value is -1.86. The Kier molecular flexibility index (Phi) is 4.68. The van der Waals surface area contributed by atoms with Crippen molar-refractivity contribution < 1.29 is 19.2 Å². The summed E-state index contributed by atoms with van der Waals surface area (Å²) in [6.07, 6.45) is 0.456. The highest BCUT2D eigenvalue weighted by Crippen LogP contribution is 2.37. The minimum Gasteiger partial charge on any atom is -0.493 e. The van der Waals surface area contributed by atoms with Crippen LogP contribution in [0, 0.1) is 10.1 Å². The van der Waals surface area contributed by atoms with Crippen LogP contribution < -0.4 is 15.4 Å². The highest BCUT2D eigenvalue weighted by molar-refractivity contribution is 5.58. The second-order valence-corrected chi connectivity index (χ2v) is 3.23. The molecule has 0 aliphatic rings. The predicted molar refractivity (Wildman–Crippen MR) is 60.0 cm³/mol. The Balaban J connectivity index is 3.20. The second-order valence-electron chi connectivity index (χ2n) is 3.23. The standard InChI is InChI=1S/C10H14N2O5/c1-15-9-6-7(3-4-17-11)5-8(12(13)14)10(9)16-2/h5-6H,3-4,11H2,1-2H3. The number of nitro benzene ring substituents is 1. The van der Waals surface area contributed by atoms with Crippen LogP contribution in [0.25, 0.3) is 0 Å². The van der Waals surface area contributed by atoms with Crippen LogP contribution in [-0.2, 0) is 11.3 Å². The zero-order valence-corrected chi connectivity index (χ0v) is 9.63. The van der Waals surface area contributed by atoms with Crippen LogP contribution in [0.2, 0.25) is 0 Å². The van der Waals surface area contributed by atoms with Gasteiger partial charge in [0.25, 0.3) is 0 Å². The minimum absolute atomic E-state index is 0.106. The third-order valence-electron chi connectivity index (χ3n) is 2.22. The van der Waals surface area contributed by atoms with Crippen LogP contribution in [0.1, 0.15) is 5.56 Å². The lowest BCUT2D eigenvalue weighted by atomic mass is 10.1. The zero-order chi connectivity index (χ0) is 12.8. The SMILES string of the molecule is COc1cc(CCON)cc([N+](=O)[O-])c1OC. The first-order valence-corrected chi connectivity index (χ1v) is 4.85. The van der Waals surface area contributed by atoms with Gasteiger partial charge >= 0.3 is 5.69 Å². The molecule has 0 bridgehead atoms. The third kappa shape index (κ3) is 3.05. The quantitative estimate of drug-likeness (QED) is 0.591. The number of rotatable bonds is 6. The summed E-state index contributed by atoms with van der Waals surface area (Å²) in [7, 11) is 2.78. The van der Waals surface area contributed by atoms with Gasteiger partial charge in [0, 0.05) is 6.07 Å². The van der Waals surface area contributed by atoms with Crippen LogP contribution >= 0.6 is 0 Å². The van der Waals surface area contributed by atoms with E-state index in [9.17, 15) is 10.1 Å². The molecule has 0 fully saturated rings. The fraction of sp³-hybridized carbons (Fsp3) is 0.400. The van der Waals surface area contributed by atoms with Crippen molar-refractivity contribution in [2.75, 3.05) is 20.8 Å². The molecule has 0 radical (unpaired) electrons. The van der Waals surface area contributed by atoms with Crippen LogP contribution in [0.5, 0.6) is 11.5 Å². The maximum Gasteiger partial charge on any atom is 0.315 e. The van der Waals surface area contributed by atoms with E-state index in [2.05, 4.69) is 4.84 Å². The highest BCUT2D eigenvalue weighted by atomic mass is 16.6. The molecule has 0 aliphatic carbocycles. The zero-order valence-electron chi connectivity index (χ0n) is 9.63. The van der Waals surface area contributed by atoms with Gasteiger partial charge in [0.2, 0.25) is 5.75 Å². The van der Waals surface area contributed by atoms with Gasteiger partial charge in [0.05, 0.1) is 25.7 Å². The number of hydrogen-bond acceptors (Lipinski definition) is 6. The van der Waals surface area contributed by atoms with E-state index < -0.39 is 4.92 Å². The van der Waals surface area contributed by atoms with Gasteiger partial charge in [-0.25, -0.2) is 5.90 Å². The molecule has 1 aromatic rings. The fourth-order valence-corrected chi connectivity index (χ4v) is 1.46. The van der Waals surface area contributed by atoms with Crippen LogP contribution in [-0.4, -0.2) is 25.7 Å². The van der Waals surface area contributed by atoms with Crippen LogP contribution in [0.15, 0.2) is 12.1 Å². The van der Waals surface area contributed by atoms with Crippen molar-refractivity contribution in [3.8, 4) is 11.5 Å². The topological polar surface area (TPSA) is 96.9 Å². The minimum atomic E-state index is -0.520. The van der Waals surface area contributed by atoms with Gasteiger partial charge in [-0.2, -0.15) is 0 Å². The summed E-state index contributed by atoms with van der Waals surface area (Å²) < 4.78 is 10.0. The van der Waals surface area contributed by atoms with Gasteiger partial charge in [-0.1, -0.05) is 0 Å². The average Bonchev–Trinajstić information content (AvgIpc) is 2.34. The lowest BCUT2D eigenvalue weighted by Crippen LogP contribution is -2.05. The molecule has 0 heterocycles. The van der Waals surface area contributed by atoms with Gasteiger partial charge in [-0.15, -0.1) is 0 Å². The maximum atomic E-state index is 10.9. The van der Waals surface area contributed by atoms with Gasteiger partial charge < -0.3 is 14.3 Å². The maximum absolute atomic E-state index is 10.9. The summed E-state index contributed by atoms with van der Waals surface area (Å²) >= 11 is 0. The molecule has 7 nitrogen and oxygen atoms in total. The molecular weight excluding hydrogens is 228 g/mol. The van der Waals surface area contributed by atoms with E-state index in [1.165, 1.54) is 20.3 Å². The molecule has 0 amide bonds. The molecule has 0 aliphatic heterocycles. The largest absolute Gasteiger partial charge is 0.493 e. The van der Waals surface area contributed by atoms with E-state index in [1.54, 1.807) is 6.07 Å². The Bertz CT molecular complexity index is 408. The van der Waals surface area contributed by atoms with Crippen molar-refractivity contribution in [3.63, 3.8) is 0 Å². The van der Waals surface area contributed by atoms with Crippen molar-refractivity contribution in [1.29, 1.82) is 0 Å². The van der Waals surface area contributed by atoms with Crippen LogP contribution in [0.4, 0.5) is 5.69 Å². The van der Waals surface area contributed by atoms with E-state index in [4.69, 9.17) is 15.4 Å². The van der Waals surface area contributed by atoms with Crippen molar-refractivity contribution in [1.82, 2.24) is 0 Å². The van der Waals surface area contributed by atoms with Gasteiger partial charge in [-0.3, -0.25) is 10.1 Å². The monoisotopic (exact) mass is 242 g/mol. The number of methoxy groups -OCH3 is 2. The van der Waals surface area contributed by atoms with Crippen molar-refractivity contribution in [3.05, 3.63) is 27.8 Å². The third-order valence-corrected chi connectivity index (χ3v) is 2.22. The summed E-state index contributed by atoms with van der Waals surface area (Å²) in [5.74, 6) is 5.33. The molecule has 0 saturated heterocycles. The number of ether oxygens (including phenoxy) is 2. The van der Waals surface area contributed by atoms with E-state index >= 15 is 0 Å². The van der Waals surface area contributed by atoms with E-state index in [-0.39, 0.29) is 18.0 Å². The number of benzene rings is 1. The van der Waals surface area contributed by atoms with Gasteiger partial charge in [0.1, 0.15) is 0 Å². The summed E-state index contributed by atoms with van der Waals surface area (Å²) in [5, 5.41) is 10.9. The molecule has 0 unspecified atom stereocenters. The molecule has 0 saturated carbocycles. The Morgan fingerprint density at radius 3 is 2.53 bits per heavy atom. The first-order valence-electron chi connectivity index (χ1n) is 4.85. The smallest absolute Gasteiger partial charge is 0.315 e. The molecular formula is C10H14N2O5. The molecule has 0 aromatic heterocycles. The van der Waals surface area contributed by atoms with Gasteiger partial charge in [0.15, 0.2) is 5.75 Å². The van der Waals surface area contributed by atoms with E-state index in [0.29, 0.717) is 17.7 Å². The number of hydrogen-bond donors (Lipinski definition) is 1. The number of nitrogens with two attached hydrogens (primary N) is 1. The van der Waals surface area contributed by atoms with E-state index in [0.717, 1.165) is 0 Å². The predicted octanol–water partition coefficient (Wildman–Crippen LogP) is 1.04. The molecule has 7 heteroatoms. The molecule has 0 atom stereocenters. The molecule has 1 aromatic carbocycles. The Morgan fingerprint density at radius 2 is 2.06 bits per heavy atom. The van der Waals surface area contributed by atoms with Crippen LogP contribution in [0.3, 0.4) is 0 Å². The summed E-state index contributed by atoms with van der Waals surface area (Å²) in [6, 6.07) is 3.07. The number of nitrogens with zero attached hydrogens (tertiary/aromatic N) is 1. The first kappa shape index (κ1) is 13.2. The summed E-state index contributed by atoms with van der Waals surface area (Å²) in [5.41, 5.74) is 0.554. The first-order chi connectivity index (χ1) is 8.13. The summed E-state index contributed by atoms with van der Waals surface area (Å²) in [4.78, 5) is 14.8. The van der Waals surface area contributed by atoms with Crippen molar-refractivity contribution >= 4 is 5.69 Å². The second kappa shape index (κ2) is 6.02. The van der Waals surface area contributed by atoms with E-state index in [1.807, 2.05) is 0 Å². The fourth-order valence-electron chi connectivity index (χ4n) is 1.46. The normalized spacial score (nSPS) is 10.1. The Morgan fingerprint density at radius 1 is 1.35 bits per heavy atom. The highest BCUT2D eigenvalue weighted by Gasteiger charge is 2.21. The lowest BCUT2D eigenvalue weighted by Gasteiger charge is -2.10. The molecule has 94 valence electrons. The lowest BCUT2D eigenvalue weighted by molar-refractivity contribution is -0.385. The average molecular weight is 242 g/mol. The number of nitro groups is 1. The molecule has 17 heavy (non-hydrogen) atoms.